The average molecular weight is 369 g/mol. The molecular weight excluding hydrogens is 345 g/mol. The Morgan fingerprint density at radius 1 is 1.07 bits per heavy atom. The summed E-state index contributed by atoms with van der Waals surface area (Å²) < 4.78 is 18.4. The van der Waals surface area contributed by atoms with Gasteiger partial charge in [-0.1, -0.05) is 55.3 Å². The topological polar surface area (TPSA) is 55.4 Å². The molecule has 0 aliphatic heterocycles. The minimum absolute atomic E-state index is 0.300. The smallest absolute Gasteiger partial charge is 0.317 e. The first-order valence-electron chi connectivity index (χ1n) is 9.29. The molecule has 142 valence electrons. The van der Waals surface area contributed by atoms with Crippen molar-refractivity contribution in [3.63, 3.8) is 0 Å². The van der Waals surface area contributed by atoms with Crippen LogP contribution in [0, 0.1) is 5.82 Å². The van der Waals surface area contributed by atoms with Gasteiger partial charge in [0.2, 0.25) is 0 Å². The van der Waals surface area contributed by atoms with Crippen LogP contribution in [0.2, 0.25) is 0 Å². The van der Waals surface area contributed by atoms with Crippen LogP contribution in [0.1, 0.15) is 49.8 Å². The van der Waals surface area contributed by atoms with Crippen molar-refractivity contribution in [2.75, 3.05) is 6.61 Å². The Bertz CT molecular complexity index is 783. The van der Waals surface area contributed by atoms with Gasteiger partial charge in [0.1, 0.15) is 5.82 Å². The van der Waals surface area contributed by atoms with Crippen LogP contribution in [0.4, 0.5) is 4.39 Å². The maximum Gasteiger partial charge on any atom is 0.317 e. The van der Waals surface area contributed by atoms with Crippen LogP contribution in [0.3, 0.4) is 0 Å². The number of amides is 1. The molecule has 2 aromatic carbocycles. The van der Waals surface area contributed by atoms with Gasteiger partial charge in [-0.25, -0.2) is 4.39 Å². The number of hydrogen-bond acceptors (Lipinski definition) is 3. The summed E-state index contributed by atoms with van der Waals surface area (Å²) in [6.45, 7) is 1.48. The van der Waals surface area contributed by atoms with E-state index < -0.39 is 5.41 Å². The van der Waals surface area contributed by atoms with Crippen molar-refractivity contribution in [1.29, 1.82) is 0 Å². The number of carbonyl (C=O) groups is 2. The van der Waals surface area contributed by atoms with E-state index in [9.17, 15) is 14.0 Å². The largest absolute Gasteiger partial charge is 0.455 e. The van der Waals surface area contributed by atoms with Crippen molar-refractivity contribution in [3.05, 3.63) is 71.5 Å². The maximum atomic E-state index is 13.0. The third-order valence-corrected chi connectivity index (χ3v) is 5.26. The molecule has 1 fully saturated rings. The third-order valence-electron chi connectivity index (χ3n) is 5.26. The number of ether oxygens (including phenoxy) is 1. The van der Waals surface area contributed by atoms with Crippen LogP contribution in [-0.2, 0) is 19.7 Å². The molecule has 0 unspecified atom stereocenters. The molecule has 2 aromatic rings. The van der Waals surface area contributed by atoms with Crippen LogP contribution >= 0.6 is 0 Å². The Morgan fingerprint density at radius 3 is 2.33 bits per heavy atom. The first kappa shape index (κ1) is 19.1. The zero-order valence-corrected chi connectivity index (χ0v) is 15.4. The van der Waals surface area contributed by atoms with E-state index in [-0.39, 0.29) is 30.3 Å². The SMILES string of the molecule is C[C@@H](NC(=O)COC(=O)C1(c2ccccc2)CCCC1)c1ccc(F)cc1. The molecule has 1 aliphatic rings. The third kappa shape index (κ3) is 4.35. The second-order valence-corrected chi connectivity index (χ2v) is 7.07. The molecule has 0 aromatic heterocycles. The van der Waals surface area contributed by atoms with E-state index >= 15 is 0 Å². The molecule has 3 rings (SSSR count). The molecule has 1 atom stereocenters. The van der Waals surface area contributed by atoms with Crippen molar-refractivity contribution in [3.8, 4) is 0 Å². The van der Waals surface area contributed by atoms with Gasteiger partial charge in [0.05, 0.1) is 11.5 Å². The molecule has 0 heterocycles. The van der Waals surface area contributed by atoms with Crippen LogP contribution in [0.25, 0.3) is 0 Å². The van der Waals surface area contributed by atoms with Gasteiger partial charge in [-0.2, -0.15) is 0 Å². The van der Waals surface area contributed by atoms with Gasteiger partial charge in [-0.15, -0.1) is 0 Å². The molecule has 4 nitrogen and oxygen atoms in total. The summed E-state index contributed by atoms with van der Waals surface area (Å²) in [5.74, 6) is -1.04. The molecule has 1 N–H and O–H groups in total. The summed E-state index contributed by atoms with van der Waals surface area (Å²) in [6.07, 6.45) is 3.42. The summed E-state index contributed by atoms with van der Waals surface area (Å²) in [7, 11) is 0. The Balaban J connectivity index is 1.59. The Hall–Kier alpha value is -2.69. The summed E-state index contributed by atoms with van der Waals surface area (Å²) in [4.78, 5) is 25.0. The van der Waals surface area contributed by atoms with Gasteiger partial charge in [-0.3, -0.25) is 9.59 Å². The van der Waals surface area contributed by atoms with E-state index in [0.717, 1.165) is 36.8 Å². The highest BCUT2D eigenvalue weighted by Crippen LogP contribution is 2.42. The first-order chi connectivity index (χ1) is 13.0. The summed E-state index contributed by atoms with van der Waals surface area (Å²) in [5.41, 5.74) is 1.09. The summed E-state index contributed by atoms with van der Waals surface area (Å²) in [5, 5.41) is 2.78. The lowest BCUT2D eigenvalue weighted by atomic mass is 9.79. The van der Waals surface area contributed by atoms with Crippen molar-refractivity contribution in [1.82, 2.24) is 5.32 Å². The molecule has 1 aliphatic carbocycles. The Kier molecular flexibility index (Phi) is 5.89. The quantitative estimate of drug-likeness (QED) is 0.782. The second-order valence-electron chi connectivity index (χ2n) is 7.07. The fraction of sp³-hybridized carbons (Fsp3) is 0.364. The highest BCUT2D eigenvalue weighted by Gasteiger charge is 2.44. The molecule has 5 heteroatoms. The standard InChI is InChI=1S/C22H24FNO3/c1-16(17-9-11-19(23)12-10-17)24-20(25)15-27-21(26)22(13-5-6-14-22)18-7-3-2-4-8-18/h2-4,7-12,16H,5-6,13-15H2,1H3,(H,24,25)/t16-/m1/s1. The van der Waals surface area contributed by atoms with Crippen molar-refractivity contribution < 1.29 is 18.7 Å². The van der Waals surface area contributed by atoms with E-state index in [1.165, 1.54) is 12.1 Å². The number of hydrogen-bond donors (Lipinski definition) is 1. The van der Waals surface area contributed by atoms with Crippen molar-refractivity contribution in [2.45, 2.75) is 44.1 Å². The average Bonchev–Trinajstić information content (AvgIpc) is 3.18. The van der Waals surface area contributed by atoms with Gasteiger partial charge in [0, 0.05) is 0 Å². The normalized spacial score (nSPS) is 16.5. The monoisotopic (exact) mass is 369 g/mol. The van der Waals surface area contributed by atoms with Crippen molar-refractivity contribution >= 4 is 11.9 Å². The Morgan fingerprint density at radius 2 is 1.70 bits per heavy atom. The highest BCUT2D eigenvalue weighted by molar-refractivity contribution is 5.86. The van der Waals surface area contributed by atoms with Gasteiger partial charge < -0.3 is 10.1 Å². The predicted molar refractivity (Wildman–Crippen MR) is 101 cm³/mol. The number of halogens is 1. The number of nitrogens with one attached hydrogen (secondary N) is 1. The van der Waals surface area contributed by atoms with Gasteiger partial charge in [0.25, 0.3) is 5.91 Å². The molecule has 0 saturated heterocycles. The zero-order chi connectivity index (χ0) is 19.3. The number of benzene rings is 2. The lowest BCUT2D eigenvalue weighted by Crippen LogP contribution is -2.38. The van der Waals surface area contributed by atoms with E-state index in [1.54, 1.807) is 19.1 Å². The minimum Gasteiger partial charge on any atom is -0.455 e. The maximum absolute atomic E-state index is 13.0. The lowest BCUT2D eigenvalue weighted by Gasteiger charge is -2.27. The molecule has 0 radical (unpaired) electrons. The molecular formula is C22H24FNO3. The van der Waals surface area contributed by atoms with Crippen molar-refractivity contribution in [2.24, 2.45) is 0 Å². The number of rotatable bonds is 6. The minimum atomic E-state index is -0.649. The summed E-state index contributed by atoms with van der Waals surface area (Å²) >= 11 is 0. The van der Waals surface area contributed by atoms with Gasteiger partial charge >= 0.3 is 5.97 Å². The second kappa shape index (κ2) is 8.33. The van der Waals surface area contributed by atoms with Crippen LogP contribution in [0.15, 0.2) is 54.6 Å². The first-order valence-corrected chi connectivity index (χ1v) is 9.29. The van der Waals surface area contributed by atoms with E-state index in [2.05, 4.69) is 5.32 Å². The van der Waals surface area contributed by atoms with Crippen LogP contribution < -0.4 is 5.32 Å². The zero-order valence-electron chi connectivity index (χ0n) is 15.4. The molecule has 0 bridgehead atoms. The van der Waals surface area contributed by atoms with Crippen LogP contribution in [0.5, 0.6) is 0 Å². The number of carbonyl (C=O) groups excluding carboxylic acids is 2. The molecule has 27 heavy (non-hydrogen) atoms. The highest BCUT2D eigenvalue weighted by atomic mass is 19.1. The molecule has 1 amide bonds. The lowest BCUT2D eigenvalue weighted by molar-refractivity contribution is -0.154. The fourth-order valence-corrected chi connectivity index (χ4v) is 3.73. The van der Waals surface area contributed by atoms with Gasteiger partial charge in [0.15, 0.2) is 6.61 Å². The predicted octanol–water partition coefficient (Wildman–Crippen LogP) is 4.06. The van der Waals surface area contributed by atoms with E-state index in [4.69, 9.17) is 4.74 Å². The van der Waals surface area contributed by atoms with Crippen LogP contribution in [-0.4, -0.2) is 18.5 Å². The van der Waals surface area contributed by atoms with Gasteiger partial charge in [-0.05, 0) is 43.0 Å². The fourth-order valence-electron chi connectivity index (χ4n) is 3.73. The Labute approximate surface area is 158 Å². The number of esters is 1. The molecule has 0 spiro atoms. The van der Waals surface area contributed by atoms with E-state index in [1.807, 2.05) is 30.3 Å². The molecule has 1 saturated carbocycles. The summed E-state index contributed by atoms with van der Waals surface area (Å²) in [6, 6.07) is 15.3. The van der Waals surface area contributed by atoms with E-state index in [0.29, 0.717) is 0 Å².